The van der Waals surface area contributed by atoms with E-state index in [4.69, 9.17) is 4.74 Å². The summed E-state index contributed by atoms with van der Waals surface area (Å²) in [4.78, 5) is 11.6. The van der Waals surface area contributed by atoms with Crippen molar-refractivity contribution in [2.75, 3.05) is 6.61 Å². The predicted octanol–water partition coefficient (Wildman–Crippen LogP) is 4.63. The van der Waals surface area contributed by atoms with Gasteiger partial charge >= 0.3 is 5.97 Å². The van der Waals surface area contributed by atoms with E-state index in [-0.39, 0.29) is 11.4 Å². The summed E-state index contributed by atoms with van der Waals surface area (Å²) in [6, 6.07) is 0. The number of hydrogen-bond acceptors (Lipinski definition) is 3. The van der Waals surface area contributed by atoms with E-state index >= 15 is 0 Å². The van der Waals surface area contributed by atoms with Crippen LogP contribution < -0.4 is 0 Å². The van der Waals surface area contributed by atoms with Crippen molar-refractivity contribution >= 4 is 5.97 Å². The molecule has 0 amide bonds. The summed E-state index contributed by atoms with van der Waals surface area (Å²) >= 11 is 0. The Morgan fingerprint density at radius 2 is 1.85 bits per heavy atom. The molecule has 5 aliphatic rings. The molecule has 5 rings (SSSR count). The summed E-state index contributed by atoms with van der Waals surface area (Å²) in [5, 5.41) is 12.1. The van der Waals surface area contributed by atoms with Crippen LogP contribution in [0.15, 0.2) is 11.6 Å². The van der Waals surface area contributed by atoms with Gasteiger partial charge in [0.1, 0.15) is 6.61 Å². The maximum Gasteiger partial charge on any atom is 0.331 e. The number of carbonyl (C=O) groups excluding carboxylic acids is 1. The molecule has 0 bridgehead atoms. The third kappa shape index (κ3) is 2.07. The Morgan fingerprint density at radius 3 is 2.62 bits per heavy atom. The lowest BCUT2D eigenvalue weighted by molar-refractivity contribution is -0.203. The van der Waals surface area contributed by atoms with E-state index in [2.05, 4.69) is 13.8 Å². The summed E-state index contributed by atoms with van der Waals surface area (Å²) in [5.41, 5.74) is 0.941. The SMILES string of the molecule is C[C@]12CCCC[C@H]1CCC1C2CC[C@]2(C)[C@@H](C3=CC(=O)OC3)CC[C@]12O. The maximum atomic E-state index is 12.1. The van der Waals surface area contributed by atoms with Crippen LogP contribution in [0.4, 0.5) is 0 Å². The minimum Gasteiger partial charge on any atom is -0.458 e. The van der Waals surface area contributed by atoms with Crippen LogP contribution in [0.1, 0.15) is 78.1 Å². The molecule has 1 heterocycles. The van der Waals surface area contributed by atoms with E-state index in [1.54, 1.807) is 6.08 Å². The number of rotatable bonds is 1. The number of cyclic esters (lactones) is 1. The zero-order valence-corrected chi connectivity index (χ0v) is 16.4. The normalized spacial score (nSPS) is 53.3. The molecule has 0 aromatic heterocycles. The zero-order valence-electron chi connectivity index (χ0n) is 16.4. The third-order valence-corrected chi connectivity index (χ3v) is 9.90. The first-order valence-electron chi connectivity index (χ1n) is 11.0. The van der Waals surface area contributed by atoms with Crippen molar-refractivity contribution in [2.24, 2.45) is 34.5 Å². The van der Waals surface area contributed by atoms with Crippen LogP contribution in [-0.4, -0.2) is 23.3 Å². The van der Waals surface area contributed by atoms with Gasteiger partial charge in [0.2, 0.25) is 0 Å². The second kappa shape index (κ2) is 5.59. The highest BCUT2D eigenvalue weighted by atomic mass is 16.5. The van der Waals surface area contributed by atoms with Gasteiger partial charge in [-0.05, 0) is 86.0 Å². The third-order valence-electron chi connectivity index (χ3n) is 9.90. The fraction of sp³-hybridized carbons (Fsp3) is 0.870. The summed E-state index contributed by atoms with van der Waals surface area (Å²) in [5.74, 6) is 2.14. The van der Waals surface area contributed by atoms with Gasteiger partial charge in [-0.2, -0.15) is 0 Å². The van der Waals surface area contributed by atoms with E-state index < -0.39 is 5.60 Å². The Kier molecular flexibility index (Phi) is 3.72. The first kappa shape index (κ1) is 17.3. The molecule has 3 heteroatoms. The number of hydrogen-bond donors (Lipinski definition) is 1. The lowest BCUT2D eigenvalue weighted by atomic mass is 9.43. The Bertz CT molecular complexity index is 654. The van der Waals surface area contributed by atoms with Gasteiger partial charge in [0.25, 0.3) is 0 Å². The molecule has 3 nitrogen and oxygen atoms in total. The van der Waals surface area contributed by atoms with Crippen LogP contribution in [0.2, 0.25) is 0 Å². The van der Waals surface area contributed by atoms with Crippen LogP contribution >= 0.6 is 0 Å². The number of aliphatic hydroxyl groups is 1. The second-order valence-electron chi connectivity index (χ2n) is 10.5. The molecular formula is C23H34O3. The van der Waals surface area contributed by atoms with Crippen molar-refractivity contribution in [3.63, 3.8) is 0 Å². The predicted molar refractivity (Wildman–Crippen MR) is 100 cm³/mol. The molecule has 4 saturated carbocycles. The van der Waals surface area contributed by atoms with Crippen molar-refractivity contribution in [1.29, 1.82) is 0 Å². The van der Waals surface area contributed by atoms with Crippen molar-refractivity contribution in [3.8, 4) is 0 Å². The van der Waals surface area contributed by atoms with Crippen molar-refractivity contribution in [1.82, 2.24) is 0 Å². The zero-order chi connectivity index (χ0) is 18.2. The van der Waals surface area contributed by atoms with E-state index in [0.717, 1.165) is 30.8 Å². The van der Waals surface area contributed by atoms with Crippen LogP contribution in [0.3, 0.4) is 0 Å². The highest BCUT2D eigenvalue weighted by Crippen LogP contribution is 2.69. The van der Waals surface area contributed by atoms with E-state index in [9.17, 15) is 9.90 Å². The first-order chi connectivity index (χ1) is 12.4. The molecule has 144 valence electrons. The van der Waals surface area contributed by atoms with Crippen LogP contribution in [0.5, 0.6) is 0 Å². The van der Waals surface area contributed by atoms with Gasteiger partial charge in [-0.3, -0.25) is 0 Å². The van der Waals surface area contributed by atoms with Gasteiger partial charge in [0, 0.05) is 11.5 Å². The van der Waals surface area contributed by atoms with E-state index in [1.165, 1.54) is 44.9 Å². The van der Waals surface area contributed by atoms with Gasteiger partial charge in [-0.1, -0.05) is 26.7 Å². The number of esters is 1. The average Bonchev–Trinajstić information content (AvgIpc) is 3.15. The fourth-order valence-corrected chi connectivity index (χ4v) is 8.45. The molecule has 1 aliphatic heterocycles. The summed E-state index contributed by atoms with van der Waals surface area (Å²) in [6.45, 7) is 5.32. The lowest BCUT2D eigenvalue weighted by Crippen LogP contribution is -2.61. The van der Waals surface area contributed by atoms with Gasteiger partial charge in [-0.25, -0.2) is 4.79 Å². The maximum absolute atomic E-state index is 12.1. The average molecular weight is 359 g/mol. The Hall–Kier alpha value is -0.830. The molecule has 1 N–H and O–H groups in total. The standard InChI is InChI=1S/C23H34O3/c1-21-10-4-3-5-16(21)6-7-19-18(21)8-11-22(2)17(9-12-23(19,22)25)15-13-20(24)26-14-15/h13,16-19,25H,3-12,14H2,1-2H3/t16-,17+,18?,19?,21-,22+,23-/m0/s1. The Balaban J connectivity index is 1.48. The number of fused-ring (bicyclic) bond motifs is 5. The molecule has 2 unspecified atom stereocenters. The molecule has 0 aromatic rings. The molecular weight excluding hydrogens is 324 g/mol. The Morgan fingerprint density at radius 1 is 1.00 bits per heavy atom. The molecule has 0 spiro atoms. The molecule has 0 saturated heterocycles. The van der Waals surface area contributed by atoms with Crippen molar-refractivity contribution < 1.29 is 14.6 Å². The highest BCUT2D eigenvalue weighted by molar-refractivity contribution is 5.85. The lowest BCUT2D eigenvalue weighted by Gasteiger charge is -2.63. The number of ether oxygens (including phenoxy) is 1. The van der Waals surface area contributed by atoms with Crippen molar-refractivity contribution in [2.45, 2.75) is 83.7 Å². The minimum absolute atomic E-state index is 0.0914. The molecule has 4 fully saturated rings. The Labute approximate surface area is 157 Å². The number of carbonyl (C=O) groups is 1. The summed E-state index contributed by atoms with van der Waals surface area (Å²) in [7, 11) is 0. The topological polar surface area (TPSA) is 46.5 Å². The van der Waals surface area contributed by atoms with E-state index in [0.29, 0.717) is 29.8 Å². The monoisotopic (exact) mass is 358 g/mol. The van der Waals surface area contributed by atoms with Gasteiger partial charge in [0.15, 0.2) is 0 Å². The van der Waals surface area contributed by atoms with Gasteiger partial charge in [-0.15, -0.1) is 0 Å². The smallest absolute Gasteiger partial charge is 0.331 e. The highest BCUT2D eigenvalue weighted by Gasteiger charge is 2.67. The first-order valence-corrected chi connectivity index (χ1v) is 11.0. The molecule has 4 aliphatic carbocycles. The van der Waals surface area contributed by atoms with Crippen LogP contribution in [0, 0.1) is 34.5 Å². The van der Waals surface area contributed by atoms with E-state index in [1.807, 2.05) is 0 Å². The molecule has 0 radical (unpaired) electrons. The minimum atomic E-state index is -0.557. The van der Waals surface area contributed by atoms with Gasteiger partial charge in [0.05, 0.1) is 5.60 Å². The fourth-order valence-electron chi connectivity index (χ4n) is 8.45. The van der Waals surface area contributed by atoms with Gasteiger partial charge < -0.3 is 9.84 Å². The quantitative estimate of drug-likeness (QED) is 0.695. The molecule has 7 atom stereocenters. The molecule has 26 heavy (non-hydrogen) atoms. The van der Waals surface area contributed by atoms with Crippen LogP contribution in [-0.2, 0) is 9.53 Å². The summed E-state index contributed by atoms with van der Waals surface area (Å²) < 4.78 is 5.22. The largest absolute Gasteiger partial charge is 0.458 e. The van der Waals surface area contributed by atoms with Crippen molar-refractivity contribution in [3.05, 3.63) is 11.6 Å². The summed E-state index contributed by atoms with van der Waals surface area (Å²) in [6.07, 6.45) is 14.1. The molecule has 0 aromatic carbocycles. The van der Waals surface area contributed by atoms with Crippen LogP contribution in [0.25, 0.3) is 0 Å². The second-order valence-corrected chi connectivity index (χ2v) is 10.5.